The van der Waals surface area contributed by atoms with Gasteiger partial charge in [0.1, 0.15) is 5.75 Å². The monoisotopic (exact) mass is 388 g/mol. The number of nitrogens with one attached hydrogen (secondary N) is 1. The summed E-state index contributed by atoms with van der Waals surface area (Å²) in [5.74, 6) is 0.365. The molecule has 0 spiro atoms. The number of fused-ring (bicyclic) bond motifs is 1. The second-order valence-electron chi connectivity index (χ2n) is 6.93. The highest BCUT2D eigenvalue weighted by Crippen LogP contribution is 2.34. The Balaban J connectivity index is 1.86. The molecule has 1 N–H and O–H groups in total. The van der Waals surface area contributed by atoms with Crippen LogP contribution in [0.5, 0.6) is 5.75 Å². The highest BCUT2D eigenvalue weighted by molar-refractivity contribution is 7.92. The molecule has 0 aliphatic carbocycles. The van der Waals surface area contributed by atoms with Gasteiger partial charge in [-0.3, -0.25) is 9.10 Å². The fourth-order valence-electron chi connectivity index (χ4n) is 3.19. The van der Waals surface area contributed by atoms with Crippen LogP contribution in [0.1, 0.15) is 31.7 Å². The number of hydrogen-bond acceptors (Lipinski definition) is 4. The molecule has 2 aromatic carbocycles. The number of nitrogens with zero attached hydrogens (tertiary/aromatic N) is 1. The van der Waals surface area contributed by atoms with Crippen molar-refractivity contribution in [2.24, 2.45) is 0 Å². The number of para-hydroxylation sites is 3. The molecule has 1 atom stereocenters. The van der Waals surface area contributed by atoms with E-state index in [1.54, 1.807) is 24.3 Å². The van der Waals surface area contributed by atoms with Crippen molar-refractivity contribution in [2.45, 2.75) is 32.3 Å². The van der Waals surface area contributed by atoms with E-state index in [0.717, 1.165) is 17.5 Å². The number of benzene rings is 2. The van der Waals surface area contributed by atoms with Gasteiger partial charge in [0.15, 0.2) is 6.10 Å². The molecular formula is C20H24N2O4S. The van der Waals surface area contributed by atoms with Crippen LogP contribution >= 0.6 is 0 Å². The van der Waals surface area contributed by atoms with Gasteiger partial charge in [0.25, 0.3) is 5.91 Å². The van der Waals surface area contributed by atoms with Gasteiger partial charge in [-0.25, -0.2) is 8.42 Å². The quantitative estimate of drug-likeness (QED) is 0.871. The standard InChI is InChI=1S/C20H24N2O4S/c1-14(2)15-8-4-5-9-16(15)21-20(23)19-12-13-22(27(3,24)25)17-10-6-7-11-18(17)26-19/h4-11,14,19H,12-13H2,1-3H3,(H,21,23)/t19-/m0/s1. The van der Waals surface area contributed by atoms with Crippen molar-refractivity contribution in [3.05, 3.63) is 54.1 Å². The largest absolute Gasteiger partial charge is 0.478 e. The van der Waals surface area contributed by atoms with Crippen LogP contribution in [-0.2, 0) is 14.8 Å². The third-order valence-electron chi connectivity index (χ3n) is 4.53. The number of rotatable bonds is 4. The van der Waals surface area contributed by atoms with Gasteiger partial charge < -0.3 is 10.1 Å². The lowest BCUT2D eigenvalue weighted by Gasteiger charge is -2.20. The lowest BCUT2D eigenvalue weighted by molar-refractivity contribution is -0.122. The predicted molar refractivity (Wildman–Crippen MR) is 107 cm³/mol. The molecule has 27 heavy (non-hydrogen) atoms. The van der Waals surface area contributed by atoms with Gasteiger partial charge in [0, 0.05) is 18.7 Å². The van der Waals surface area contributed by atoms with E-state index >= 15 is 0 Å². The number of amides is 1. The van der Waals surface area contributed by atoms with E-state index in [0.29, 0.717) is 11.4 Å². The highest BCUT2D eigenvalue weighted by atomic mass is 32.2. The minimum absolute atomic E-state index is 0.180. The maximum absolute atomic E-state index is 12.9. The SMILES string of the molecule is CC(C)c1ccccc1NC(=O)[C@@H]1CCN(S(C)(=O)=O)c2ccccc2O1. The number of carbonyl (C=O) groups excluding carboxylic acids is 1. The molecule has 1 aliphatic heterocycles. The van der Waals surface area contributed by atoms with E-state index in [1.807, 2.05) is 24.3 Å². The number of ether oxygens (including phenoxy) is 1. The molecule has 0 bridgehead atoms. The van der Waals surface area contributed by atoms with Gasteiger partial charge in [-0.05, 0) is 29.7 Å². The first-order chi connectivity index (χ1) is 12.8. The first kappa shape index (κ1) is 19.2. The molecule has 0 saturated carbocycles. The van der Waals surface area contributed by atoms with Crippen LogP contribution in [0.4, 0.5) is 11.4 Å². The van der Waals surface area contributed by atoms with E-state index < -0.39 is 16.1 Å². The molecule has 6 nitrogen and oxygen atoms in total. The van der Waals surface area contributed by atoms with Crippen molar-refractivity contribution in [1.82, 2.24) is 0 Å². The average molecular weight is 388 g/mol. The van der Waals surface area contributed by atoms with E-state index in [2.05, 4.69) is 19.2 Å². The summed E-state index contributed by atoms with van der Waals surface area (Å²) in [5, 5.41) is 2.94. The average Bonchev–Trinajstić information content (AvgIpc) is 2.81. The Morgan fingerprint density at radius 1 is 1.15 bits per heavy atom. The zero-order chi connectivity index (χ0) is 19.6. The van der Waals surface area contributed by atoms with Crippen molar-refractivity contribution in [1.29, 1.82) is 0 Å². The van der Waals surface area contributed by atoms with Gasteiger partial charge in [0.2, 0.25) is 10.0 Å². The summed E-state index contributed by atoms with van der Waals surface area (Å²) in [7, 11) is -3.47. The fraction of sp³-hybridized carbons (Fsp3) is 0.350. The predicted octanol–water partition coefficient (Wildman–Crippen LogP) is 3.37. The topological polar surface area (TPSA) is 75.7 Å². The van der Waals surface area contributed by atoms with Gasteiger partial charge in [-0.1, -0.05) is 44.2 Å². The smallest absolute Gasteiger partial charge is 0.265 e. The maximum Gasteiger partial charge on any atom is 0.265 e. The molecule has 144 valence electrons. The minimum atomic E-state index is -3.47. The Bertz CT molecular complexity index is 941. The van der Waals surface area contributed by atoms with Crippen LogP contribution < -0.4 is 14.4 Å². The maximum atomic E-state index is 12.9. The molecular weight excluding hydrogens is 364 g/mol. The van der Waals surface area contributed by atoms with Crippen molar-refractivity contribution in [2.75, 3.05) is 22.4 Å². The van der Waals surface area contributed by atoms with Gasteiger partial charge in [-0.2, -0.15) is 0 Å². The molecule has 2 aromatic rings. The molecule has 0 aromatic heterocycles. The number of anilines is 2. The first-order valence-corrected chi connectivity index (χ1v) is 10.8. The van der Waals surface area contributed by atoms with Gasteiger partial charge in [0.05, 0.1) is 11.9 Å². The van der Waals surface area contributed by atoms with Gasteiger partial charge >= 0.3 is 0 Å². The Morgan fingerprint density at radius 2 is 1.81 bits per heavy atom. The van der Waals surface area contributed by atoms with E-state index in [-0.39, 0.29) is 24.8 Å². The third kappa shape index (κ3) is 4.24. The summed E-state index contributed by atoms with van der Waals surface area (Å²) < 4.78 is 31.5. The van der Waals surface area contributed by atoms with Crippen LogP contribution in [0.15, 0.2) is 48.5 Å². The normalized spacial score (nSPS) is 17.0. The molecule has 7 heteroatoms. The molecule has 1 heterocycles. The molecule has 0 saturated heterocycles. The molecule has 0 radical (unpaired) electrons. The molecule has 0 unspecified atom stereocenters. The van der Waals surface area contributed by atoms with E-state index in [4.69, 9.17) is 4.74 Å². The van der Waals surface area contributed by atoms with E-state index in [1.165, 1.54) is 4.31 Å². The molecule has 3 rings (SSSR count). The summed E-state index contributed by atoms with van der Waals surface area (Å²) >= 11 is 0. The minimum Gasteiger partial charge on any atom is -0.478 e. The summed E-state index contributed by atoms with van der Waals surface area (Å²) in [6.07, 6.45) is 0.638. The fourth-order valence-corrected chi connectivity index (χ4v) is 4.13. The summed E-state index contributed by atoms with van der Waals surface area (Å²) in [6.45, 7) is 4.31. The lowest BCUT2D eigenvalue weighted by atomic mass is 10.0. The van der Waals surface area contributed by atoms with Crippen LogP contribution in [0, 0.1) is 0 Å². The highest BCUT2D eigenvalue weighted by Gasteiger charge is 2.31. The van der Waals surface area contributed by atoms with Crippen LogP contribution in [0.2, 0.25) is 0 Å². The second-order valence-corrected chi connectivity index (χ2v) is 8.84. The summed E-state index contributed by atoms with van der Waals surface area (Å²) in [5.41, 5.74) is 2.24. The Hall–Kier alpha value is -2.54. The zero-order valence-corrected chi connectivity index (χ0v) is 16.5. The number of hydrogen-bond donors (Lipinski definition) is 1. The van der Waals surface area contributed by atoms with E-state index in [9.17, 15) is 13.2 Å². The molecule has 1 amide bonds. The van der Waals surface area contributed by atoms with Crippen molar-refractivity contribution >= 4 is 27.3 Å². The Kier molecular flexibility index (Phi) is 5.41. The van der Waals surface area contributed by atoms with Crippen molar-refractivity contribution in [3.8, 4) is 5.75 Å². The van der Waals surface area contributed by atoms with Crippen LogP contribution in [0.25, 0.3) is 0 Å². The Labute approximate surface area is 160 Å². The van der Waals surface area contributed by atoms with Crippen molar-refractivity contribution < 1.29 is 17.9 Å². The summed E-state index contributed by atoms with van der Waals surface area (Å²) in [4.78, 5) is 12.9. The molecule has 1 aliphatic rings. The van der Waals surface area contributed by atoms with Crippen LogP contribution in [0.3, 0.4) is 0 Å². The van der Waals surface area contributed by atoms with Crippen molar-refractivity contribution in [3.63, 3.8) is 0 Å². The Morgan fingerprint density at radius 3 is 2.52 bits per heavy atom. The number of carbonyl (C=O) groups is 1. The second kappa shape index (κ2) is 7.60. The first-order valence-electron chi connectivity index (χ1n) is 8.90. The third-order valence-corrected chi connectivity index (χ3v) is 5.71. The molecule has 0 fully saturated rings. The number of sulfonamides is 1. The summed E-state index contributed by atoms with van der Waals surface area (Å²) in [6, 6.07) is 14.5. The van der Waals surface area contributed by atoms with Crippen LogP contribution in [-0.4, -0.2) is 33.2 Å². The van der Waals surface area contributed by atoms with Gasteiger partial charge in [-0.15, -0.1) is 0 Å². The lowest BCUT2D eigenvalue weighted by Crippen LogP contribution is -2.36. The zero-order valence-electron chi connectivity index (χ0n) is 15.7.